The van der Waals surface area contributed by atoms with Gasteiger partial charge in [0, 0.05) is 6.20 Å². The molecule has 0 radical (unpaired) electrons. The molecule has 1 aromatic rings. The van der Waals surface area contributed by atoms with E-state index in [1.165, 1.54) is 5.56 Å². The van der Waals surface area contributed by atoms with Gasteiger partial charge in [-0.15, -0.1) is 6.42 Å². The van der Waals surface area contributed by atoms with Gasteiger partial charge in [-0.1, -0.05) is 5.92 Å². The summed E-state index contributed by atoms with van der Waals surface area (Å²) >= 11 is 0. The Morgan fingerprint density at radius 2 is 2.54 bits per heavy atom. The summed E-state index contributed by atoms with van der Waals surface area (Å²) < 4.78 is 1.79. The lowest BCUT2D eigenvalue weighted by atomic mass is 10.2. The molecular formula is C10H15N3. The highest BCUT2D eigenvalue weighted by Crippen LogP contribution is 2.00. The van der Waals surface area contributed by atoms with Gasteiger partial charge in [-0.05, 0) is 32.0 Å². The minimum Gasteiger partial charge on any atom is -0.320 e. The number of aromatic nitrogens is 2. The fourth-order valence-electron chi connectivity index (χ4n) is 1.18. The van der Waals surface area contributed by atoms with Crippen LogP contribution < -0.4 is 5.32 Å². The van der Waals surface area contributed by atoms with E-state index in [0.29, 0.717) is 6.54 Å². The minimum absolute atomic E-state index is 0.562. The normalized spacial score (nSPS) is 9.85. The van der Waals surface area contributed by atoms with E-state index in [1.807, 2.05) is 19.4 Å². The molecule has 0 saturated carbocycles. The number of terminal acetylenes is 1. The second-order valence-corrected chi connectivity index (χ2v) is 2.96. The van der Waals surface area contributed by atoms with Crippen LogP contribution in [0.2, 0.25) is 0 Å². The van der Waals surface area contributed by atoms with Crippen LogP contribution in [0, 0.1) is 12.3 Å². The monoisotopic (exact) mass is 177 g/mol. The van der Waals surface area contributed by atoms with Crippen molar-refractivity contribution in [3.05, 3.63) is 18.0 Å². The van der Waals surface area contributed by atoms with E-state index in [1.54, 1.807) is 4.68 Å². The average molecular weight is 177 g/mol. The maximum absolute atomic E-state index is 5.17. The standard InChI is InChI=1S/C10H15N3/c1-3-7-13-9-10(8-12-13)5-4-6-11-2/h1,8-9,11H,4-7H2,2H3. The molecule has 0 saturated heterocycles. The van der Waals surface area contributed by atoms with E-state index in [-0.39, 0.29) is 0 Å². The molecule has 0 fully saturated rings. The van der Waals surface area contributed by atoms with Crippen molar-refractivity contribution in [2.75, 3.05) is 13.6 Å². The van der Waals surface area contributed by atoms with Crippen LogP contribution in [0.5, 0.6) is 0 Å². The van der Waals surface area contributed by atoms with Gasteiger partial charge in [0.1, 0.15) is 6.54 Å². The number of aryl methyl sites for hydroxylation is 1. The van der Waals surface area contributed by atoms with Crippen molar-refractivity contribution >= 4 is 0 Å². The van der Waals surface area contributed by atoms with E-state index in [2.05, 4.69) is 16.3 Å². The van der Waals surface area contributed by atoms with Crippen molar-refractivity contribution in [1.29, 1.82) is 0 Å². The quantitative estimate of drug-likeness (QED) is 0.529. The van der Waals surface area contributed by atoms with Crippen LogP contribution in [0.25, 0.3) is 0 Å². The number of rotatable bonds is 5. The van der Waals surface area contributed by atoms with Crippen molar-refractivity contribution in [3.8, 4) is 12.3 Å². The largest absolute Gasteiger partial charge is 0.320 e. The summed E-state index contributed by atoms with van der Waals surface area (Å²) in [7, 11) is 1.96. The van der Waals surface area contributed by atoms with Gasteiger partial charge in [-0.2, -0.15) is 5.10 Å². The molecule has 3 nitrogen and oxygen atoms in total. The zero-order chi connectivity index (χ0) is 9.52. The molecule has 0 amide bonds. The molecule has 1 heterocycles. The van der Waals surface area contributed by atoms with Crippen molar-refractivity contribution < 1.29 is 0 Å². The SMILES string of the molecule is C#CCn1cc(CCCNC)cn1. The molecule has 3 heteroatoms. The Labute approximate surface area is 79.1 Å². The van der Waals surface area contributed by atoms with E-state index >= 15 is 0 Å². The zero-order valence-electron chi connectivity index (χ0n) is 7.95. The molecule has 0 aliphatic heterocycles. The summed E-state index contributed by atoms with van der Waals surface area (Å²) in [5.74, 6) is 2.55. The summed E-state index contributed by atoms with van der Waals surface area (Å²) in [6, 6.07) is 0. The molecule has 0 unspecified atom stereocenters. The van der Waals surface area contributed by atoms with Gasteiger partial charge in [0.2, 0.25) is 0 Å². The zero-order valence-corrected chi connectivity index (χ0v) is 7.95. The van der Waals surface area contributed by atoms with Crippen LogP contribution in [0.3, 0.4) is 0 Å². The van der Waals surface area contributed by atoms with E-state index < -0.39 is 0 Å². The average Bonchev–Trinajstić information content (AvgIpc) is 2.54. The first-order chi connectivity index (χ1) is 6.36. The Morgan fingerprint density at radius 1 is 1.69 bits per heavy atom. The van der Waals surface area contributed by atoms with Crippen LogP contribution in [-0.4, -0.2) is 23.4 Å². The Morgan fingerprint density at radius 3 is 3.23 bits per heavy atom. The Bertz CT molecular complexity index is 283. The second-order valence-electron chi connectivity index (χ2n) is 2.96. The van der Waals surface area contributed by atoms with Gasteiger partial charge < -0.3 is 5.32 Å². The molecule has 1 aromatic heterocycles. The third-order valence-corrected chi connectivity index (χ3v) is 1.83. The Hall–Kier alpha value is -1.27. The molecular weight excluding hydrogens is 162 g/mol. The summed E-state index contributed by atoms with van der Waals surface area (Å²) in [5.41, 5.74) is 1.26. The summed E-state index contributed by atoms with van der Waals surface area (Å²) in [6.07, 6.45) is 11.3. The molecule has 0 aliphatic rings. The molecule has 1 rings (SSSR count). The third-order valence-electron chi connectivity index (χ3n) is 1.83. The first-order valence-electron chi connectivity index (χ1n) is 4.46. The molecule has 0 aliphatic carbocycles. The molecule has 0 aromatic carbocycles. The van der Waals surface area contributed by atoms with Gasteiger partial charge in [0.05, 0.1) is 6.20 Å². The topological polar surface area (TPSA) is 29.9 Å². The number of nitrogens with zero attached hydrogens (tertiary/aromatic N) is 2. The van der Waals surface area contributed by atoms with Gasteiger partial charge in [0.25, 0.3) is 0 Å². The highest BCUT2D eigenvalue weighted by molar-refractivity contribution is 5.04. The lowest BCUT2D eigenvalue weighted by Gasteiger charge is -1.96. The van der Waals surface area contributed by atoms with Crippen LogP contribution in [0.1, 0.15) is 12.0 Å². The Balaban J connectivity index is 2.36. The summed E-state index contributed by atoms with van der Waals surface area (Å²) in [4.78, 5) is 0. The molecule has 0 bridgehead atoms. The van der Waals surface area contributed by atoms with E-state index in [9.17, 15) is 0 Å². The molecule has 0 atom stereocenters. The fraction of sp³-hybridized carbons (Fsp3) is 0.500. The highest BCUT2D eigenvalue weighted by Gasteiger charge is 1.96. The first kappa shape index (κ1) is 9.82. The van der Waals surface area contributed by atoms with Gasteiger partial charge in [-0.25, -0.2) is 0 Å². The number of nitrogens with one attached hydrogen (secondary N) is 1. The maximum Gasteiger partial charge on any atom is 0.101 e. The van der Waals surface area contributed by atoms with Crippen LogP contribution in [0.15, 0.2) is 12.4 Å². The lowest BCUT2D eigenvalue weighted by molar-refractivity contribution is 0.709. The molecule has 0 spiro atoms. The van der Waals surface area contributed by atoms with Gasteiger partial charge in [-0.3, -0.25) is 4.68 Å². The maximum atomic E-state index is 5.17. The van der Waals surface area contributed by atoms with Crippen LogP contribution in [-0.2, 0) is 13.0 Å². The van der Waals surface area contributed by atoms with Gasteiger partial charge >= 0.3 is 0 Å². The molecule has 13 heavy (non-hydrogen) atoms. The first-order valence-corrected chi connectivity index (χ1v) is 4.46. The highest BCUT2D eigenvalue weighted by atomic mass is 15.3. The summed E-state index contributed by atoms with van der Waals surface area (Å²) in [5, 5.41) is 7.25. The van der Waals surface area contributed by atoms with Crippen LogP contribution >= 0.6 is 0 Å². The van der Waals surface area contributed by atoms with Crippen LogP contribution in [0.4, 0.5) is 0 Å². The van der Waals surface area contributed by atoms with Gasteiger partial charge in [0.15, 0.2) is 0 Å². The molecule has 70 valence electrons. The molecule has 1 N–H and O–H groups in total. The predicted molar refractivity (Wildman–Crippen MR) is 53.3 cm³/mol. The predicted octanol–water partition coefficient (Wildman–Crippen LogP) is 0.668. The van der Waals surface area contributed by atoms with Crippen molar-refractivity contribution in [1.82, 2.24) is 15.1 Å². The number of hydrogen-bond donors (Lipinski definition) is 1. The van der Waals surface area contributed by atoms with E-state index in [4.69, 9.17) is 6.42 Å². The van der Waals surface area contributed by atoms with Crippen molar-refractivity contribution in [3.63, 3.8) is 0 Å². The second kappa shape index (κ2) is 5.39. The fourth-order valence-corrected chi connectivity index (χ4v) is 1.18. The lowest BCUT2D eigenvalue weighted by Crippen LogP contribution is -2.08. The van der Waals surface area contributed by atoms with Crippen molar-refractivity contribution in [2.45, 2.75) is 19.4 Å². The Kier molecular flexibility index (Phi) is 4.07. The minimum atomic E-state index is 0.562. The number of hydrogen-bond acceptors (Lipinski definition) is 2. The van der Waals surface area contributed by atoms with Crippen molar-refractivity contribution in [2.24, 2.45) is 0 Å². The smallest absolute Gasteiger partial charge is 0.101 e. The summed E-state index contributed by atoms with van der Waals surface area (Å²) in [6.45, 7) is 1.60. The van der Waals surface area contributed by atoms with E-state index in [0.717, 1.165) is 19.4 Å². The third kappa shape index (κ3) is 3.30.